The predicted octanol–water partition coefficient (Wildman–Crippen LogP) is 3.58. The van der Waals surface area contributed by atoms with E-state index in [2.05, 4.69) is 37.4 Å². The maximum Gasteiger partial charge on any atom is 0.315 e. The molecular weight excluding hydrogens is 447 g/mol. The molecular formula is C26H31FN6O2. The second-order valence-electron chi connectivity index (χ2n) is 8.72. The standard InChI is InChI=1S/C26H31FN6O2/c1-18(33-13-6-3-7-14-33)15-22(31-26(35)29-16-19-9-4-2-5-10-19)25(34)28-17-23-30-21-12-8-11-20(27)24(21)32-23/h2,4-5,8-12,22H,1,3,6-7,13-17H2,(H,28,34)(H,30,32)(H2,29,31,35)/t22-/m0/s1. The van der Waals surface area contributed by atoms with Crippen molar-refractivity contribution in [1.29, 1.82) is 0 Å². The number of carbonyl (C=O) groups excluding carboxylic acids is 2. The molecule has 1 fully saturated rings. The van der Waals surface area contributed by atoms with Crippen LogP contribution in [0.3, 0.4) is 0 Å². The number of piperidine rings is 1. The third-order valence-electron chi connectivity index (χ3n) is 6.10. The number of amides is 3. The number of imidazole rings is 1. The summed E-state index contributed by atoms with van der Waals surface area (Å²) < 4.78 is 13.9. The molecule has 1 aliphatic rings. The van der Waals surface area contributed by atoms with Crippen molar-refractivity contribution in [2.45, 2.75) is 44.8 Å². The third kappa shape index (κ3) is 6.59. The molecule has 3 aromatic rings. The Morgan fingerprint density at radius 1 is 1.03 bits per heavy atom. The Morgan fingerprint density at radius 2 is 1.80 bits per heavy atom. The van der Waals surface area contributed by atoms with Gasteiger partial charge in [0.2, 0.25) is 5.91 Å². The summed E-state index contributed by atoms with van der Waals surface area (Å²) in [5.41, 5.74) is 2.56. The van der Waals surface area contributed by atoms with Gasteiger partial charge >= 0.3 is 6.03 Å². The van der Waals surface area contributed by atoms with E-state index in [0.717, 1.165) is 37.2 Å². The molecule has 0 spiro atoms. The zero-order chi connectivity index (χ0) is 24.6. The van der Waals surface area contributed by atoms with Crippen molar-refractivity contribution in [3.63, 3.8) is 0 Å². The molecule has 8 nitrogen and oxygen atoms in total. The Hall–Kier alpha value is -3.88. The zero-order valence-corrected chi connectivity index (χ0v) is 19.6. The number of benzene rings is 2. The molecule has 184 valence electrons. The molecule has 1 atom stereocenters. The summed E-state index contributed by atoms with van der Waals surface area (Å²) in [6.07, 6.45) is 3.65. The Bertz CT molecular complexity index is 1170. The van der Waals surface area contributed by atoms with Gasteiger partial charge < -0.3 is 25.8 Å². The monoisotopic (exact) mass is 478 g/mol. The molecule has 4 N–H and O–H groups in total. The number of hydrogen-bond donors (Lipinski definition) is 4. The van der Waals surface area contributed by atoms with E-state index in [1.165, 1.54) is 12.5 Å². The molecule has 2 heterocycles. The highest BCUT2D eigenvalue weighted by atomic mass is 19.1. The normalized spacial score (nSPS) is 14.4. The van der Waals surface area contributed by atoms with Crippen LogP contribution in [0.4, 0.5) is 9.18 Å². The molecule has 35 heavy (non-hydrogen) atoms. The average molecular weight is 479 g/mol. The van der Waals surface area contributed by atoms with Crippen molar-refractivity contribution < 1.29 is 14.0 Å². The van der Waals surface area contributed by atoms with Crippen LogP contribution < -0.4 is 16.0 Å². The molecule has 0 saturated carbocycles. The van der Waals surface area contributed by atoms with Gasteiger partial charge in [-0.15, -0.1) is 0 Å². The number of halogens is 1. The van der Waals surface area contributed by atoms with Crippen LogP contribution in [0.2, 0.25) is 0 Å². The molecule has 3 amide bonds. The molecule has 1 aromatic heterocycles. The van der Waals surface area contributed by atoms with Crippen molar-refractivity contribution in [1.82, 2.24) is 30.8 Å². The number of hydrogen-bond acceptors (Lipinski definition) is 4. The van der Waals surface area contributed by atoms with Crippen LogP contribution in [0.5, 0.6) is 0 Å². The Morgan fingerprint density at radius 3 is 2.54 bits per heavy atom. The van der Waals surface area contributed by atoms with Crippen LogP contribution in [0, 0.1) is 5.82 Å². The smallest absolute Gasteiger partial charge is 0.315 e. The number of nitrogens with zero attached hydrogens (tertiary/aromatic N) is 2. The van der Waals surface area contributed by atoms with Crippen LogP contribution in [0.25, 0.3) is 11.0 Å². The van der Waals surface area contributed by atoms with Gasteiger partial charge in [-0.2, -0.15) is 0 Å². The number of aromatic amines is 1. The van der Waals surface area contributed by atoms with E-state index in [-0.39, 0.29) is 18.0 Å². The number of H-pyrrole nitrogens is 1. The summed E-state index contributed by atoms with van der Waals surface area (Å²) >= 11 is 0. The number of urea groups is 1. The Balaban J connectivity index is 1.39. The summed E-state index contributed by atoms with van der Waals surface area (Å²) in [5.74, 6) is -0.358. The SMILES string of the molecule is C=C(C[C@H](NC(=O)NCc1ccccc1)C(=O)NCc1nc2c(F)cccc2[nH]1)N1CCCCC1. The van der Waals surface area contributed by atoms with Gasteiger partial charge in [0.15, 0.2) is 5.82 Å². The topological polar surface area (TPSA) is 102 Å². The number of likely N-dealkylation sites (tertiary alicyclic amines) is 1. The largest absolute Gasteiger partial charge is 0.375 e. The highest BCUT2D eigenvalue weighted by Crippen LogP contribution is 2.18. The van der Waals surface area contributed by atoms with Gasteiger partial charge in [0.25, 0.3) is 0 Å². The van der Waals surface area contributed by atoms with Gasteiger partial charge in [-0.25, -0.2) is 14.2 Å². The van der Waals surface area contributed by atoms with Crippen molar-refractivity contribution >= 4 is 23.0 Å². The lowest BCUT2D eigenvalue weighted by atomic mass is 10.1. The molecule has 4 rings (SSSR count). The fourth-order valence-corrected chi connectivity index (χ4v) is 4.20. The first-order valence-corrected chi connectivity index (χ1v) is 11.9. The van der Waals surface area contributed by atoms with E-state index in [1.807, 2.05) is 30.3 Å². The van der Waals surface area contributed by atoms with E-state index >= 15 is 0 Å². The van der Waals surface area contributed by atoms with E-state index in [0.29, 0.717) is 24.3 Å². The fraction of sp³-hybridized carbons (Fsp3) is 0.346. The summed E-state index contributed by atoms with van der Waals surface area (Å²) in [4.78, 5) is 35.1. The molecule has 1 aliphatic heterocycles. The fourth-order valence-electron chi connectivity index (χ4n) is 4.20. The van der Waals surface area contributed by atoms with E-state index in [9.17, 15) is 14.0 Å². The minimum absolute atomic E-state index is 0.0763. The van der Waals surface area contributed by atoms with Crippen LogP contribution in [-0.2, 0) is 17.9 Å². The molecule has 2 aromatic carbocycles. The lowest BCUT2D eigenvalue weighted by Gasteiger charge is -2.32. The lowest BCUT2D eigenvalue weighted by molar-refractivity contribution is -0.123. The Kier molecular flexibility index (Phi) is 7.97. The van der Waals surface area contributed by atoms with Gasteiger partial charge in [0, 0.05) is 31.8 Å². The second-order valence-corrected chi connectivity index (χ2v) is 8.72. The molecule has 0 aliphatic carbocycles. The first-order valence-electron chi connectivity index (χ1n) is 11.9. The maximum atomic E-state index is 13.9. The van der Waals surface area contributed by atoms with E-state index in [1.54, 1.807) is 12.1 Å². The van der Waals surface area contributed by atoms with E-state index in [4.69, 9.17) is 0 Å². The van der Waals surface area contributed by atoms with Gasteiger partial charge in [0.05, 0.1) is 12.1 Å². The molecule has 0 radical (unpaired) electrons. The predicted molar refractivity (Wildman–Crippen MR) is 133 cm³/mol. The van der Waals surface area contributed by atoms with Crippen molar-refractivity contribution in [3.8, 4) is 0 Å². The third-order valence-corrected chi connectivity index (χ3v) is 6.10. The average Bonchev–Trinajstić information content (AvgIpc) is 3.31. The Labute approximate surface area is 204 Å². The van der Waals surface area contributed by atoms with Crippen LogP contribution in [-0.4, -0.2) is 45.9 Å². The van der Waals surface area contributed by atoms with Crippen LogP contribution >= 0.6 is 0 Å². The highest BCUT2D eigenvalue weighted by molar-refractivity contribution is 5.87. The quantitative estimate of drug-likeness (QED) is 0.378. The number of fused-ring (bicyclic) bond motifs is 1. The van der Waals surface area contributed by atoms with Gasteiger partial charge in [-0.1, -0.05) is 43.0 Å². The first kappa shape index (κ1) is 24.3. The van der Waals surface area contributed by atoms with Crippen LogP contribution in [0.1, 0.15) is 37.1 Å². The maximum absolute atomic E-state index is 13.9. The lowest BCUT2D eigenvalue weighted by Crippen LogP contribution is -2.50. The number of carbonyl (C=O) groups is 2. The summed E-state index contributed by atoms with van der Waals surface area (Å²) in [7, 11) is 0. The molecule has 0 bridgehead atoms. The van der Waals surface area contributed by atoms with Gasteiger partial charge in [-0.05, 0) is 37.0 Å². The number of aromatic nitrogens is 2. The molecule has 0 unspecified atom stereocenters. The van der Waals surface area contributed by atoms with Crippen molar-refractivity contribution in [3.05, 3.63) is 78.0 Å². The molecule has 9 heteroatoms. The summed E-state index contributed by atoms with van der Waals surface area (Å²) in [5, 5.41) is 8.40. The minimum atomic E-state index is -0.818. The van der Waals surface area contributed by atoms with Crippen molar-refractivity contribution in [2.24, 2.45) is 0 Å². The van der Waals surface area contributed by atoms with Crippen molar-refractivity contribution in [2.75, 3.05) is 13.1 Å². The van der Waals surface area contributed by atoms with Gasteiger partial charge in [-0.3, -0.25) is 4.79 Å². The second kappa shape index (κ2) is 11.5. The molecule has 1 saturated heterocycles. The number of nitrogens with one attached hydrogen (secondary N) is 4. The number of rotatable bonds is 9. The number of para-hydroxylation sites is 1. The zero-order valence-electron chi connectivity index (χ0n) is 19.6. The highest BCUT2D eigenvalue weighted by Gasteiger charge is 2.24. The first-order chi connectivity index (χ1) is 17.0. The van der Waals surface area contributed by atoms with Crippen LogP contribution in [0.15, 0.2) is 60.8 Å². The van der Waals surface area contributed by atoms with Gasteiger partial charge in [0.1, 0.15) is 17.4 Å². The summed E-state index contributed by atoms with van der Waals surface area (Å²) in [6, 6.07) is 12.9. The summed E-state index contributed by atoms with van der Waals surface area (Å²) in [6.45, 7) is 6.40. The van der Waals surface area contributed by atoms with E-state index < -0.39 is 17.9 Å². The minimum Gasteiger partial charge on any atom is -0.375 e.